The maximum Gasteiger partial charge on any atom is 0.336 e. The topological polar surface area (TPSA) is 108 Å². The number of carbonyl (C=O) groups is 2. The number of benzene rings is 3. The molecule has 1 aliphatic carbocycles. The van der Waals surface area contributed by atoms with Gasteiger partial charge in [0.05, 0.1) is 10.5 Å². The first-order chi connectivity index (χ1) is 18.9. The van der Waals surface area contributed by atoms with Crippen molar-refractivity contribution in [1.29, 1.82) is 0 Å². The van der Waals surface area contributed by atoms with Crippen molar-refractivity contribution in [3.05, 3.63) is 129 Å². The number of nitro groups is 1. The van der Waals surface area contributed by atoms with Crippen LogP contribution in [0, 0.1) is 10.1 Å². The molecule has 2 atom stereocenters. The summed E-state index contributed by atoms with van der Waals surface area (Å²) in [4.78, 5) is 38.2. The summed E-state index contributed by atoms with van der Waals surface area (Å²) in [5, 5.41) is 14.9. The average Bonchev–Trinajstić information content (AvgIpc) is 2.95. The van der Waals surface area contributed by atoms with E-state index in [1.54, 1.807) is 19.1 Å². The van der Waals surface area contributed by atoms with Crippen LogP contribution in [0.25, 0.3) is 0 Å². The van der Waals surface area contributed by atoms with Crippen molar-refractivity contribution in [3.8, 4) is 5.75 Å². The van der Waals surface area contributed by atoms with E-state index in [2.05, 4.69) is 5.32 Å². The molecule has 0 fully saturated rings. The van der Waals surface area contributed by atoms with E-state index in [-0.39, 0.29) is 42.6 Å². The van der Waals surface area contributed by atoms with E-state index in [1.165, 1.54) is 12.1 Å². The molecule has 0 aromatic heterocycles. The lowest BCUT2D eigenvalue weighted by Crippen LogP contribution is -2.36. The molecule has 1 heterocycles. The van der Waals surface area contributed by atoms with Gasteiger partial charge in [-0.1, -0.05) is 60.7 Å². The number of hydrogen-bond donors (Lipinski definition) is 1. The lowest BCUT2D eigenvalue weighted by Gasteiger charge is -2.36. The Balaban J connectivity index is 1.45. The molecular weight excluding hydrogens is 496 g/mol. The first-order valence-corrected chi connectivity index (χ1v) is 12.8. The van der Waals surface area contributed by atoms with Gasteiger partial charge in [-0.05, 0) is 42.5 Å². The highest BCUT2D eigenvalue weighted by Crippen LogP contribution is 2.46. The number of nitro benzene ring substituents is 1. The van der Waals surface area contributed by atoms with Gasteiger partial charge in [0, 0.05) is 41.4 Å². The minimum absolute atomic E-state index is 0.00208. The van der Waals surface area contributed by atoms with Crippen molar-refractivity contribution in [1.82, 2.24) is 5.32 Å². The third-order valence-electron chi connectivity index (χ3n) is 7.06. The zero-order valence-electron chi connectivity index (χ0n) is 21.5. The number of para-hydroxylation sites is 1. The summed E-state index contributed by atoms with van der Waals surface area (Å²) in [6.07, 6.45) is 0.864. The highest BCUT2D eigenvalue weighted by atomic mass is 16.6. The largest absolute Gasteiger partial charge is 0.490 e. The Labute approximate surface area is 226 Å². The van der Waals surface area contributed by atoms with Gasteiger partial charge in [0.15, 0.2) is 5.78 Å². The van der Waals surface area contributed by atoms with Gasteiger partial charge >= 0.3 is 5.97 Å². The van der Waals surface area contributed by atoms with Gasteiger partial charge in [0.25, 0.3) is 5.69 Å². The number of non-ortho nitro benzene ring substituents is 1. The minimum atomic E-state index is -0.784. The van der Waals surface area contributed by atoms with E-state index >= 15 is 0 Å². The Morgan fingerprint density at radius 1 is 0.949 bits per heavy atom. The summed E-state index contributed by atoms with van der Waals surface area (Å²) in [6, 6.07) is 25.1. The van der Waals surface area contributed by atoms with Gasteiger partial charge in [0.1, 0.15) is 19.0 Å². The molecule has 2 unspecified atom stereocenters. The van der Waals surface area contributed by atoms with Crippen molar-refractivity contribution in [2.75, 3.05) is 13.2 Å². The fourth-order valence-corrected chi connectivity index (χ4v) is 5.31. The zero-order chi connectivity index (χ0) is 27.4. The SMILES string of the molecule is CC1=C(C(=O)OCCOc2ccccc2)C(c2cccc([N+](=O)[O-])c2)C2=C(CC(c3ccccc3)CC2=O)N1. The fourth-order valence-electron chi connectivity index (χ4n) is 5.31. The van der Waals surface area contributed by atoms with Crippen molar-refractivity contribution >= 4 is 17.4 Å². The molecule has 39 heavy (non-hydrogen) atoms. The normalized spacial score (nSPS) is 18.7. The van der Waals surface area contributed by atoms with Crippen LogP contribution in [0.3, 0.4) is 0 Å². The van der Waals surface area contributed by atoms with E-state index in [0.29, 0.717) is 29.0 Å². The number of nitrogens with one attached hydrogen (secondary N) is 1. The molecule has 0 saturated heterocycles. The van der Waals surface area contributed by atoms with Gasteiger partial charge < -0.3 is 14.8 Å². The molecule has 3 aromatic rings. The van der Waals surface area contributed by atoms with Crippen LogP contribution in [0.2, 0.25) is 0 Å². The number of nitrogens with zero attached hydrogens (tertiary/aromatic N) is 1. The Kier molecular flexibility index (Phi) is 7.54. The van der Waals surface area contributed by atoms with Crippen LogP contribution < -0.4 is 10.1 Å². The fraction of sp³-hybridized carbons (Fsp3) is 0.226. The monoisotopic (exact) mass is 524 g/mol. The van der Waals surface area contributed by atoms with E-state index in [9.17, 15) is 19.7 Å². The number of ketones is 1. The summed E-state index contributed by atoms with van der Waals surface area (Å²) in [5.74, 6) is -0.828. The molecule has 0 saturated carbocycles. The van der Waals surface area contributed by atoms with E-state index in [1.807, 2.05) is 60.7 Å². The Morgan fingerprint density at radius 3 is 2.36 bits per heavy atom. The van der Waals surface area contributed by atoms with Crippen LogP contribution in [0.15, 0.2) is 107 Å². The lowest BCUT2D eigenvalue weighted by atomic mass is 9.71. The summed E-state index contributed by atoms with van der Waals surface area (Å²) in [6.45, 7) is 1.92. The molecule has 5 rings (SSSR count). The van der Waals surface area contributed by atoms with E-state index < -0.39 is 16.8 Å². The number of allylic oxidation sites excluding steroid dienone is 3. The molecule has 0 spiro atoms. The number of rotatable bonds is 8. The molecule has 1 N–H and O–H groups in total. The molecule has 8 heteroatoms. The Bertz CT molecular complexity index is 1460. The molecule has 3 aromatic carbocycles. The van der Waals surface area contributed by atoms with Crippen molar-refractivity contribution in [3.63, 3.8) is 0 Å². The Morgan fingerprint density at radius 2 is 1.64 bits per heavy atom. The maximum atomic E-state index is 13.7. The summed E-state index contributed by atoms with van der Waals surface area (Å²) in [7, 11) is 0. The van der Waals surface area contributed by atoms with Gasteiger partial charge in [-0.3, -0.25) is 14.9 Å². The number of esters is 1. The van der Waals surface area contributed by atoms with Crippen LogP contribution in [0.4, 0.5) is 5.69 Å². The van der Waals surface area contributed by atoms with Crippen molar-refractivity contribution < 1.29 is 24.0 Å². The van der Waals surface area contributed by atoms with Crippen LogP contribution in [-0.4, -0.2) is 29.9 Å². The predicted octanol–water partition coefficient (Wildman–Crippen LogP) is 5.58. The summed E-state index contributed by atoms with van der Waals surface area (Å²) < 4.78 is 11.2. The maximum absolute atomic E-state index is 13.7. The van der Waals surface area contributed by atoms with Gasteiger partial charge in [-0.25, -0.2) is 4.79 Å². The van der Waals surface area contributed by atoms with Gasteiger partial charge in [-0.2, -0.15) is 0 Å². The number of ether oxygens (including phenoxy) is 2. The van der Waals surface area contributed by atoms with Crippen molar-refractivity contribution in [2.24, 2.45) is 0 Å². The van der Waals surface area contributed by atoms with Gasteiger partial charge in [-0.15, -0.1) is 0 Å². The third-order valence-corrected chi connectivity index (χ3v) is 7.06. The van der Waals surface area contributed by atoms with E-state index in [0.717, 1.165) is 11.3 Å². The predicted molar refractivity (Wildman–Crippen MR) is 145 cm³/mol. The van der Waals surface area contributed by atoms with Crippen LogP contribution in [0.5, 0.6) is 5.75 Å². The quantitative estimate of drug-likeness (QED) is 0.177. The molecule has 0 radical (unpaired) electrons. The first kappa shape index (κ1) is 25.9. The summed E-state index contributed by atoms with van der Waals surface area (Å²) >= 11 is 0. The molecule has 198 valence electrons. The van der Waals surface area contributed by atoms with Crippen LogP contribution in [-0.2, 0) is 14.3 Å². The second-order valence-electron chi connectivity index (χ2n) is 9.58. The molecule has 1 aliphatic heterocycles. The van der Waals surface area contributed by atoms with Crippen LogP contribution in [0.1, 0.15) is 42.7 Å². The number of hydrogen-bond acceptors (Lipinski definition) is 7. The second-order valence-corrected chi connectivity index (χ2v) is 9.58. The number of carbonyl (C=O) groups excluding carboxylic acids is 2. The van der Waals surface area contributed by atoms with Gasteiger partial charge in [0.2, 0.25) is 0 Å². The molecular formula is C31H28N2O6. The first-order valence-electron chi connectivity index (χ1n) is 12.8. The molecule has 0 amide bonds. The average molecular weight is 525 g/mol. The second kappa shape index (κ2) is 11.3. The lowest BCUT2D eigenvalue weighted by molar-refractivity contribution is -0.384. The highest BCUT2D eigenvalue weighted by Gasteiger charge is 2.41. The molecule has 2 aliphatic rings. The minimum Gasteiger partial charge on any atom is -0.490 e. The summed E-state index contributed by atoms with van der Waals surface area (Å²) in [5.41, 5.74) is 3.47. The Hall–Kier alpha value is -4.72. The number of Topliss-reactive ketones (excluding diaryl/α,β-unsaturated/α-hetero) is 1. The number of dihydropyridines is 1. The smallest absolute Gasteiger partial charge is 0.336 e. The zero-order valence-corrected chi connectivity index (χ0v) is 21.5. The molecule has 8 nitrogen and oxygen atoms in total. The van der Waals surface area contributed by atoms with Crippen molar-refractivity contribution in [2.45, 2.75) is 31.6 Å². The van der Waals surface area contributed by atoms with Crippen LogP contribution >= 0.6 is 0 Å². The van der Waals surface area contributed by atoms with E-state index in [4.69, 9.17) is 9.47 Å². The third kappa shape index (κ3) is 5.60. The molecule has 0 bridgehead atoms. The standard InChI is InChI=1S/C31H28N2O6/c1-20-28(31(35)39-16-15-38-25-13-6-3-7-14-25)29(22-11-8-12-24(17-22)33(36)37)30-26(32-20)18-23(19-27(30)34)21-9-4-2-5-10-21/h2-14,17,23,29,32H,15-16,18-19H2,1H3. The highest BCUT2D eigenvalue weighted by molar-refractivity contribution is 6.04.